The lowest BCUT2D eigenvalue weighted by molar-refractivity contribution is -0.749. The van der Waals surface area contributed by atoms with E-state index in [1.54, 1.807) is 62.8 Å². The summed E-state index contributed by atoms with van der Waals surface area (Å²) in [5, 5.41) is 11.8. The van der Waals surface area contributed by atoms with Crippen molar-refractivity contribution in [2.75, 3.05) is 19.6 Å². The molecule has 2 rings (SSSR count). The lowest BCUT2D eigenvalue weighted by Gasteiger charge is -2.22. The maximum Gasteiger partial charge on any atom is 0.156 e. The molecule has 19 heavy (non-hydrogen) atoms. The normalized spacial score (nSPS) is 11.7. The van der Waals surface area contributed by atoms with Crippen molar-refractivity contribution in [1.82, 2.24) is 0 Å². The van der Waals surface area contributed by atoms with E-state index in [1.165, 1.54) is 0 Å². The van der Waals surface area contributed by atoms with Crippen LogP contribution in [0.4, 0.5) is 11.4 Å². The first-order valence-corrected chi connectivity index (χ1v) is 5.82. The van der Waals surface area contributed by atoms with E-state index in [4.69, 9.17) is 9.47 Å². The van der Waals surface area contributed by atoms with Crippen LogP contribution in [0.3, 0.4) is 0 Å². The fourth-order valence-corrected chi connectivity index (χ4v) is 1.62. The fourth-order valence-electron chi connectivity index (χ4n) is 1.62. The van der Waals surface area contributed by atoms with E-state index in [2.05, 4.69) is 5.43 Å². The van der Waals surface area contributed by atoms with Crippen LogP contribution < -0.4 is 20.1 Å². The minimum absolute atomic E-state index is 0.159. The molecule has 5 heteroatoms. The molecule has 0 fully saturated rings. The van der Waals surface area contributed by atoms with Gasteiger partial charge in [-0.05, 0) is 36.4 Å². The van der Waals surface area contributed by atoms with Crippen molar-refractivity contribution in [2.24, 2.45) is 0 Å². The summed E-state index contributed by atoms with van der Waals surface area (Å²) >= 11 is 0. The first-order chi connectivity index (χ1) is 9.22. The second-order valence-corrected chi connectivity index (χ2v) is 3.91. The molecular weight excluding hydrogens is 244 g/mol. The average molecular weight is 260 g/mol. The van der Waals surface area contributed by atoms with Crippen molar-refractivity contribution in [3.8, 4) is 11.5 Å². The molecule has 0 bridgehead atoms. The summed E-state index contributed by atoms with van der Waals surface area (Å²) in [6, 6.07) is 14.1. The van der Waals surface area contributed by atoms with Crippen LogP contribution >= 0.6 is 0 Å². The Labute approximate surface area is 111 Å². The van der Waals surface area contributed by atoms with Gasteiger partial charge in [-0.2, -0.15) is 0 Å². The minimum atomic E-state index is -0.159. The van der Waals surface area contributed by atoms with Crippen LogP contribution in [-0.4, -0.2) is 14.2 Å². The molecule has 0 aliphatic carbocycles. The Bertz CT molecular complexity index is 511. The molecule has 1 unspecified atom stereocenters. The number of hydrogen-bond acceptors (Lipinski definition) is 4. The zero-order valence-electron chi connectivity index (χ0n) is 10.8. The molecule has 100 valence electrons. The first-order valence-electron chi connectivity index (χ1n) is 5.82. The molecule has 0 aliphatic rings. The molecule has 2 aromatic rings. The summed E-state index contributed by atoms with van der Waals surface area (Å²) < 4.78 is 10.1. The predicted octanol–water partition coefficient (Wildman–Crippen LogP) is 1.75. The summed E-state index contributed by atoms with van der Waals surface area (Å²) in [6.07, 6.45) is 0. The maximum atomic E-state index is 12.0. The van der Waals surface area contributed by atoms with Gasteiger partial charge in [0.25, 0.3) is 0 Å². The number of methoxy groups -OCH3 is 2. The summed E-state index contributed by atoms with van der Waals surface area (Å²) in [5.41, 5.74) is 4.12. The molecule has 0 heterocycles. The number of rotatable bonds is 5. The molecule has 0 aliphatic heterocycles. The van der Waals surface area contributed by atoms with E-state index >= 15 is 0 Å². The zero-order chi connectivity index (χ0) is 13.7. The molecular formula is C14H16N2O3. The van der Waals surface area contributed by atoms with Gasteiger partial charge in [-0.3, -0.25) is 0 Å². The van der Waals surface area contributed by atoms with E-state index in [0.29, 0.717) is 5.69 Å². The fraction of sp³-hybridized carbons (Fsp3) is 0.143. The smallest absolute Gasteiger partial charge is 0.156 e. The molecule has 0 saturated carbocycles. The van der Waals surface area contributed by atoms with Crippen LogP contribution in [0.2, 0.25) is 0 Å². The van der Waals surface area contributed by atoms with Crippen molar-refractivity contribution in [2.45, 2.75) is 0 Å². The number of benzene rings is 2. The van der Waals surface area contributed by atoms with E-state index in [-0.39, 0.29) is 5.17 Å². The highest BCUT2D eigenvalue weighted by Gasteiger charge is 2.03. The molecule has 1 atom stereocenters. The highest BCUT2D eigenvalue weighted by Crippen LogP contribution is 2.15. The molecule has 0 aromatic heterocycles. The van der Waals surface area contributed by atoms with Gasteiger partial charge in [-0.25, -0.2) is 10.6 Å². The van der Waals surface area contributed by atoms with Crippen LogP contribution in [0.25, 0.3) is 0 Å². The van der Waals surface area contributed by atoms with Crippen LogP contribution in [-0.2, 0) is 0 Å². The van der Waals surface area contributed by atoms with E-state index in [9.17, 15) is 5.21 Å². The predicted molar refractivity (Wildman–Crippen MR) is 73.6 cm³/mol. The van der Waals surface area contributed by atoms with Gasteiger partial charge >= 0.3 is 0 Å². The maximum absolute atomic E-state index is 12.0. The van der Waals surface area contributed by atoms with Gasteiger partial charge in [-0.15, -0.1) is 0 Å². The van der Waals surface area contributed by atoms with Crippen LogP contribution in [0.1, 0.15) is 0 Å². The SMILES string of the molecule is COc1ccc(N[NH+]([O-])c2ccc(OC)cc2)cc1. The Balaban J connectivity index is 2.04. The van der Waals surface area contributed by atoms with E-state index in [0.717, 1.165) is 17.2 Å². The third-order valence-corrected chi connectivity index (χ3v) is 2.70. The molecule has 0 radical (unpaired) electrons. The summed E-state index contributed by atoms with van der Waals surface area (Å²) in [6.45, 7) is 0. The quantitative estimate of drug-likeness (QED) is 0.804. The Kier molecular flexibility index (Phi) is 4.22. The molecule has 2 aromatic carbocycles. The highest BCUT2D eigenvalue weighted by atomic mass is 16.5. The largest absolute Gasteiger partial charge is 0.603 e. The first kappa shape index (κ1) is 13.2. The van der Waals surface area contributed by atoms with Crippen molar-refractivity contribution in [3.63, 3.8) is 0 Å². The highest BCUT2D eigenvalue weighted by molar-refractivity contribution is 5.45. The average Bonchev–Trinajstić information content (AvgIpc) is 2.48. The second-order valence-electron chi connectivity index (χ2n) is 3.91. The standard InChI is InChI=1S/C14H16N2O3/c1-18-13-7-3-11(4-8-13)15-16(17)12-5-9-14(19-2)10-6-12/h3-10,15-16H,1-2H3. The lowest BCUT2D eigenvalue weighted by atomic mass is 10.3. The van der Waals surface area contributed by atoms with Crippen LogP contribution in [0.15, 0.2) is 48.5 Å². The Hall–Kier alpha value is -2.24. The van der Waals surface area contributed by atoms with Crippen molar-refractivity contribution in [3.05, 3.63) is 53.7 Å². The second kappa shape index (κ2) is 6.08. The van der Waals surface area contributed by atoms with Crippen LogP contribution in [0.5, 0.6) is 11.5 Å². The van der Waals surface area contributed by atoms with Gasteiger partial charge in [0.15, 0.2) is 5.69 Å². The van der Waals surface area contributed by atoms with E-state index in [1.807, 2.05) is 0 Å². The van der Waals surface area contributed by atoms with Gasteiger partial charge in [0.2, 0.25) is 0 Å². The molecule has 0 amide bonds. The van der Waals surface area contributed by atoms with Crippen molar-refractivity contribution >= 4 is 11.4 Å². The van der Waals surface area contributed by atoms with Gasteiger partial charge in [0.05, 0.1) is 19.9 Å². The molecule has 5 nitrogen and oxygen atoms in total. The summed E-state index contributed by atoms with van der Waals surface area (Å²) in [7, 11) is 3.19. The zero-order valence-corrected chi connectivity index (χ0v) is 10.8. The number of quaternary nitrogens is 1. The Morgan fingerprint density at radius 3 is 1.79 bits per heavy atom. The van der Waals surface area contributed by atoms with Gasteiger partial charge in [0.1, 0.15) is 11.5 Å². The third kappa shape index (κ3) is 3.37. The monoisotopic (exact) mass is 260 g/mol. The summed E-state index contributed by atoms with van der Waals surface area (Å²) in [5.74, 6) is 1.48. The minimum Gasteiger partial charge on any atom is -0.603 e. The number of hydrogen-bond donors (Lipinski definition) is 2. The number of anilines is 1. The molecule has 2 N–H and O–H groups in total. The van der Waals surface area contributed by atoms with Crippen molar-refractivity contribution < 1.29 is 14.6 Å². The topological polar surface area (TPSA) is 58.0 Å². The van der Waals surface area contributed by atoms with Gasteiger partial charge in [-0.1, -0.05) is 0 Å². The van der Waals surface area contributed by atoms with Crippen LogP contribution in [0, 0.1) is 5.21 Å². The van der Waals surface area contributed by atoms with Gasteiger partial charge < -0.3 is 14.7 Å². The van der Waals surface area contributed by atoms with Gasteiger partial charge in [0, 0.05) is 12.1 Å². The molecule has 0 saturated heterocycles. The molecule has 0 spiro atoms. The summed E-state index contributed by atoms with van der Waals surface area (Å²) in [4.78, 5) is 0. The van der Waals surface area contributed by atoms with Crippen molar-refractivity contribution in [1.29, 1.82) is 0 Å². The lowest BCUT2D eigenvalue weighted by Crippen LogP contribution is -3.05. The third-order valence-electron chi connectivity index (χ3n) is 2.70. The number of ether oxygens (including phenoxy) is 2. The Morgan fingerprint density at radius 2 is 1.32 bits per heavy atom. The van der Waals surface area contributed by atoms with E-state index < -0.39 is 0 Å². The number of nitrogens with one attached hydrogen (secondary N) is 2. The Morgan fingerprint density at radius 1 is 0.842 bits per heavy atom.